The fourth-order valence-electron chi connectivity index (χ4n) is 4.21. The predicted octanol–water partition coefficient (Wildman–Crippen LogP) is 4.88. The van der Waals surface area contributed by atoms with Crippen LogP contribution in [-0.2, 0) is 26.2 Å². The van der Waals surface area contributed by atoms with Gasteiger partial charge in [-0.25, -0.2) is 0 Å². The second-order valence-electron chi connectivity index (χ2n) is 8.65. The summed E-state index contributed by atoms with van der Waals surface area (Å²) in [5.41, 5.74) is -1.94. The first-order chi connectivity index (χ1) is 16.8. The summed E-state index contributed by atoms with van der Waals surface area (Å²) >= 11 is 12.2. The van der Waals surface area contributed by atoms with Crippen molar-refractivity contribution in [1.82, 2.24) is 9.80 Å². The van der Waals surface area contributed by atoms with E-state index in [1.54, 1.807) is 32.0 Å². The van der Waals surface area contributed by atoms with E-state index in [0.717, 1.165) is 21.9 Å². The van der Waals surface area contributed by atoms with Crippen LogP contribution in [-0.4, -0.2) is 52.9 Å². The second-order valence-corrected chi connectivity index (χ2v) is 9.52. The molecule has 0 aliphatic carbocycles. The zero-order chi connectivity index (χ0) is 26.4. The summed E-state index contributed by atoms with van der Waals surface area (Å²) in [6.07, 6.45) is -4.76. The number of nitrogens with zero attached hydrogens (tertiary/aromatic N) is 3. The minimum atomic E-state index is -4.88. The number of carbonyl (C=O) groups excluding carboxylic acids is 3. The van der Waals surface area contributed by atoms with Crippen LogP contribution < -0.4 is 0 Å². The molecule has 12 heteroatoms. The highest BCUT2D eigenvalue weighted by atomic mass is 35.5. The fourth-order valence-corrected chi connectivity index (χ4v) is 4.74. The van der Waals surface area contributed by atoms with E-state index in [-0.39, 0.29) is 24.2 Å². The summed E-state index contributed by atoms with van der Waals surface area (Å²) in [5, 5.41) is 4.73. The molecule has 0 spiro atoms. The lowest BCUT2D eigenvalue weighted by Crippen LogP contribution is -2.55. The van der Waals surface area contributed by atoms with Crippen molar-refractivity contribution in [3.05, 3.63) is 68.7 Å². The largest absolute Gasteiger partial charge is 0.417 e. The Kier molecular flexibility index (Phi) is 6.78. The smallest absolute Gasteiger partial charge is 0.384 e. The normalized spacial score (nSPS) is 20.5. The third-order valence-electron chi connectivity index (χ3n) is 6.08. The molecule has 1 unspecified atom stereocenters. The molecule has 3 amide bonds. The molecule has 0 radical (unpaired) electrons. The average Bonchev–Trinajstić information content (AvgIpc) is 3.20. The summed E-state index contributed by atoms with van der Waals surface area (Å²) in [7, 11) is 0. The number of halogens is 5. The number of carbonyl (C=O) groups is 3. The van der Waals surface area contributed by atoms with Gasteiger partial charge in [0.1, 0.15) is 13.1 Å². The van der Waals surface area contributed by atoms with Gasteiger partial charge in [0.25, 0.3) is 5.91 Å². The highest BCUT2D eigenvalue weighted by Gasteiger charge is 2.41. The van der Waals surface area contributed by atoms with Crippen LogP contribution in [0.3, 0.4) is 0 Å². The minimum absolute atomic E-state index is 0.110. The molecule has 2 aliphatic rings. The van der Waals surface area contributed by atoms with Gasteiger partial charge in [-0.2, -0.15) is 13.2 Å². The van der Waals surface area contributed by atoms with Crippen LogP contribution in [0.4, 0.5) is 13.2 Å². The zero-order valence-corrected chi connectivity index (χ0v) is 20.7. The van der Waals surface area contributed by atoms with Gasteiger partial charge in [0.2, 0.25) is 11.8 Å². The zero-order valence-electron chi connectivity index (χ0n) is 19.2. The number of benzene rings is 2. The lowest BCUT2D eigenvalue weighted by Gasteiger charge is -2.32. The maximum atomic E-state index is 14.0. The van der Waals surface area contributed by atoms with Gasteiger partial charge >= 0.3 is 6.18 Å². The third kappa shape index (κ3) is 4.92. The standard InChI is InChI=1S/C24H20Cl2F3N3O4/c1-3-32-20(33)11-31(12-21(32)34)22(35)17-5-4-13(6-18(17)24(27,28)29)19-10-23(2,36-30-19)14-7-15(25)9-16(26)8-14/h4-9H,3,10-12H2,1-2H3. The Bertz CT molecular complexity index is 1260. The Balaban J connectivity index is 1.63. The van der Waals surface area contributed by atoms with Crippen LogP contribution in [0.2, 0.25) is 10.0 Å². The first-order valence-corrected chi connectivity index (χ1v) is 11.6. The summed E-state index contributed by atoms with van der Waals surface area (Å²) in [6.45, 7) is 2.44. The number of rotatable bonds is 4. The Morgan fingerprint density at radius 2 is 1.69 bits per heavy atom. The van der Waals surface area contributed by atoms with Gasteiger partial charge in [-0.05, 0) is 44.2 Å². The molecule has 2 aliphatic heterocycles. The van der Waals surface area contributed by atoms with Crippen molar-refractivity contribution in [2.75, 3.05) is 19.6 Å². The highest BCUT2D eigenvalue weighted by molar-refractivity contribution is 6.34. The number of likely N-dealkylation sites (N-methyl/N-ethyl adjacent to an activating group) is 1. The number of piperazine rings is 1. The maximum absolute atomic E-state index is 14.0. The summed E-state index contributed by atoms with van der Waals surface area (Å²) in [5.74, 6) is -2.36. The van der Waals surface area contributed by atoms with Crippen LogP contribution in [0.5, 0.6) is 0 Å². The molecule has 0 aromatic heterocycles. The average molecular weight is 542 g/mol. The molecular formula is C24H20Cl2F3N3O4. The Hall–Kier alpha value is -3.11. The Labute approximate surface area is 214 Å². The molecule has 0 N–H and O–H groups in total. The second kappa shape index (κ2) is 9.40. The van der Waals surface area contributed by atoms with Gasteiger partial charge < -0.3 is 9.74 Å². The molecule has 1 fully saturated rings. The van der Waals surface area contributed by atoms with E-state index in [9.17, 15) is 27.6 Å². The van der Waals surface area contributed by atoms with Crippen LogP contribution >= 0.6 is 23.2 Å². The SMILES string of the molecule is CCN1C(=O)CN(C(=O)c2ccc(C3=NOC(C)(c4cc(Cl)cc(Cl)c4)C3)cc2C(F)(F)F)CC1=O. The molecule has 0 saturated carbocycles. The molecule has 1 atom stereocenters. The number of oxime groups is 1. The molecular weight excluding hydrogens is 522 g/mol. The van der Waals surface area contributed by atoms with E-state index in [1.807, 2.05) is 0 Å². The molecule has 7 nitrogen and oxygen atoms in total. The number of hydrogen-bond donors (Lipinski definition) is 0. The molecule has 36 heavy (non-hydrogen) atoms. The van der Waals surface area contributed by atoms with Crippen molar-refractivity contribution < 1.29 is 32.4 Å². The molecule has 2 aromatic carbocycles. The van der Waals surface area contributed by atoms with Crippen molar-refractivity contribution in [1.29, 1.82) is 0 Å². The monoisotopic (exact) mass is 541 g/mol. The lowest BCUT2D eigenvalue weighted by molar-refractivity contribution is -0.149. The first-order valence-electron chi connectivity index (χ1n) is 10.9. The number of alkyl halides is 3. The van der Waals surface area contributed by atoms with Gasteiger partial charge in [0.05, 0.1) is 16.8 Å². The van der Waals surface area contributed by atoms with Gasteiger partial charge in [-0.1, -0.05) is 34.4 Å². The number of amides is 3. The van der Waals surface area contributed by atoms with Crippen LogP contribution in [0, 0.1) is 0 Å². The Morgan fingerprint density at radius 3 is 2.25 bits per heavy atom. The van der Waals surface area contributed by atoms with E-state index in [1.165, 1.54) is 6.07 Å². The van der Waals surface area contributed by atoms with Gasteiger partial charge in [0.15, 0.2) is 5.60 Å². The molecule has 0 bridgehead atoms. The van der Waals surface area contributed by atoms with E-state index >= 15 is 0 Å². The van der Waals surface area contributed by atoms with E-state index in [0.29, 0.717) is 15.6 Å². The van der Waals surface area contributed by atoms with Crippen LogP contribution in [0.15, 0.2) is 41.6 Å². The topological polar surface area (TPSA) is 79.3 Å². The quantitative estimate of drug-likeness (QED) is 0.516. The molecule has 190 valence electrons. The molecule has 2 heterocycles. The molecule has 4 rings (SSSR count). The lowest BCUT2D eigenvalue weighted by atomic mass is 9.88. The predicted molar refractivity (Wildman–Crippen MR) is 126 cm³/mol. The van der Waals surface area contributed by atoms with Gasteiger partial charge in [0, 0.05) is 34.1 Å². The van der Waals surface area contributed by atoms with Gasteiger partial charge in [-0.15, -0.1) is 0 Å². The van der Waals surface area contributed by atoms with Crippen molar-refractivity contribution in [2.45, 2.75) is 32.0 Å². The molecule has 2 aromatic rings. The van der Waals surface area contributed by atoms with Crippen molar-refractivity contribution in [2.24, 2.45) is 5.16 Å². The van der Waals surface area contributed by atoms with Crippen molar-refractivity contribution in [3.8, 4) is 0 Å². The van der Waals surface area contributed by atoms with Crippen molar-refractivity contribution in [3.63, 3.8) is 0 Å². The van der Waals surface area contributed by atoms with E-state index in [4.69, 9.17) is 28.0 Å². The van der Waals surface area contributed by atoms with E-state index < -0.39 is 53.7 Å². The van der Waals surface area contributed by atoms with E-state index in [2.05, 4.69) is 5.16 Å². The summed E-state index contributed by atoms with van der Waals surface area (Å²) in [6, 6.07) is 7.98. The Morgan fingerprint density at radius 1 is 1.08 bits per heavy atom. The number of hydrogen-bond acceptors (Lipinski definition) is 5. The van der Waals surface area contributed by atoms with Crippen molar-refractivity contribution >= 4 is 46.6 Å². The van der Waals surface area contributed by atoms with Crippen LogP contribution in [0.25, 0.3) is 0 Å². The summed E-state index contributed by atoms with van der Waals surface area (Å²) in [4.78, 5) is 44.6. The first kappa shape index (κ1) is 26.0. The third-order valence-corrected chi connectivity index (χ3v) is 6.52. The molecule has 1 saturated heterocycles. The highest BCUT2D eigenvalue weighted by Crippen LogP contribution is 2.40. The minimum Gasteiger partial charge on any atom is -0.384 e. The fraction of sp³-hybridized carbons (Fsp3) is 0.333. The van der Waals surface area contributed by atoms with Crippen LogP contribution in [0.1, 0.15) is 47.3 Å². The number of imide groups is 1. The maximum Gasteiger partial charge on any atom is 0.417 e. The van der Waals surface area contributed by atoms with Gasteiger partial charge in [-0.3, -0.25) is 19.3 Å². The summed E-state index contributed by atoms with van der Waals surface area (Å²) < 4.78 is 42.0.